The van der Waals surface area contributed by atoms with Crippen LogP contribution in [0.3, 0.4) is 0 Å². The van der Waals surface area contributed by atoms with Gasteiger partial charge in [-0.1, -0.05) is 36.4 Å². The molecule has 2 rings (SSSR count). The number of terminal acetylenes is 1. The molecule has 2 atom stereocenters. The molecule has 0 spiro atoms. The molecule has 0 aliphatic carbocycles. The highest BCUT2D eigenvalue weighted by molar-refractivity contribution is 8.01. The Morgan fingerprint density at radius 1 is 1.29 bits per heavy atom. The van der Waals surface area contributed by atoms with Gasteiger partial charge in [0.15, 0.2) is 0 Å². The number of carbonyl (C=O) groups is 1. The first kappa shape index (κ1) is 25.9. The third-order valence-electron chi connectivity index (χ3n) is 3.80. The van der Waals surface area contributed by atoms with E-state index in [2.05, 4.69) is 30.3 Å². The van der Waals surface area contributed by atoms with E-state index in [0.29, 0.717) is 0 Å². The van der Waals surface area contributed by atoms with Crippen molar-refractivity contribution in [3.63, 3.8) is 0 Å². The minimum Gasteiger partial charge on any atom is -0.332 e. The molecular weight excluding hydrogens is 385 g/mol. The van der Waals surface area contributed by atoms with E-state index in [1.807, 2.05) is 47.8 Å². The number of benzene rings is 1. The topological polar surface area (TPSA) is 32.3 Å². The number of alkyl halides is 3. The van der Waals surface area contributed by atoms with E-state index in [0.717, 1.165) is 19.4 Å². The van der Waals surface area contributed by atoms with Gasteiger partial charge in [-0.15, -0.1) is 24.6 Å². The van der Waals surface area contributed by atoms with Crippen molar-refractivity contribution >= 4 is 17.8 Å². The summed E-state index contributed by atoms with van der Waals surface area (Å²) in [5.41, 5.74) is 1.24. The van der Waals surface area contributed by atoms with Crippen molar-refractivity contribution in [2.24, 2.45) is 0 Å². The highest BCUT2D eigenvalue weighted by atomic mass is 32.2. The van der Waals surface area contributed by atoms with Crippen molar-refractivity contribution in [1.29, 1.82) is 0 Å². The first-order chi connectivity index (χ1) is 13.2. The van der Waals surface area contributed by atoms with Gasteiger partial charge in [0.1, 0.15) is 0 Å². The summed E-state index contributed by atoms with van der Waals surface area (Å²) in [6.45, 7) is 3.03. The molecule has 3 nitrogen and oxygen atoms in total. The summed E-state index contributed by atoms with van der Waals surface area (Å²) in [5.74, 6) is 0. The number of urea groups is 1. The lowest BCUT2D eigenvalue weighted by Crippen LogP contribution is -2.46. The number of nitrogens with one attached hydrogen (secondary N) is 1. The molecule has 2 unspecified atom stereocenters. The Morgan fingerprint density at radius 3 is 2.39 bits per heavy atom. The Bertz CT molecular complexity index is 597. The second kappa shape index (κ2) is 14.0. The molecule has 0 radical (unpaired) electrons. The fraction of sp³-hybridized carbons (Fsp3) is 0.476. The number of halogens is 3. The fourth-order valence-electron chi connectivity index (χ4n) is 2.72. The van der Waals surface area contributed by atoms with E-state index in [9.17, 15) is 18.0 Å². The lowest BCUT2D eigenvalue weighted by Gasteiger charge is -2.36. The van der Waals surface area contributed by atoms with Crippen LogP contribution < -0.4 is 5.32 Å². The zero-order valence-corrected chi connectivity index (χ0v) is 17.4. The molecule has 1 aliphatic rings. The zero-order valence-electron chi connectivity index (χ0n) is 16.6. The van der Waals surface area contributed by atoms with Gasteiger partial charge in [0.25, 0.3) is 0 Å². The van der Waals surface area contributed by atoms with Crippen LogP contribution in [0, 0.1) is 12.8 Å². The predicted octanol–water partition coefficient (Wildman–Crippen LogP) is 6.01. The zero-order chi connectivity index (χ0) is 21.6. The Balaban J connectivity index is 0.000000906. The van der Waals surface area contributed by atoms with Crippen molar-refractivity contribution in [2.75, 3.05) is 12.8 Å². The summed E-state index contributed by atoms with van der Waals surface area (Å²) < 4.78 is 31.1. The van der Waals surface area contributed by atoms with Gasteiger partial charge in [-0.25, -0.2) is 4.79 Å². The maximum atomic E-state index is 12.5. The van der Waals surface area contributed by atoms with Crippen LogP contribution in [-0.2, 0) is 0 Å². The van der Waals surface area contributed by atoms with E-state index in [4.69, 9.17) is 0 Å². The molecule has 1 aromatic rings. The van der Waals surface area contributed by atoms with Crippen LogP contribution >= 0.6 is 11.8 Å². The molecule has 1 saturated heterocycles. The Labute approximate surface area is 170 Å². The first-order valence-corrected chi connectivity index (χ1v) is 10.2. The third kappa shape index (κ3) is 11.6. The minimum atomic E-state index is -4.00. The molecule has 7 heteroatoms. The van der Waals surface area contributed by atoms with E-state index in [-0.39, 0.29) is 25.0 Å². The van der Waals surface area contributed by atoms with Gasteiger partial charge in [-0.05, 0) is 43.4 Å². The van der Waals surface area contributed by atoms with Crippen LogP contribution in [0.25, 0.3) is 0 Å². The van der Waals surface area contributed by atoms with Crippen molar-refractivity contribution in [3.8, 4) is 12.8 Å². The van der Waals surface area contributed by atoms with Crippen LogP contribution in [0.5, 0.6) is 0 Å². The maximum absolute atomic E-state index is 12.5. The summed E-state index contributed by atoms with van der Waals surface area (Å²) in [7, 11) is 0. The van der Waals surface area contributed by atoms with Crippen molar-refractivity contribution in [1.82, 2.24) is 10.2 Å². The maximum Gasteiger partial charge on any atom is 0.386 e. The lowest BCUT2D eigenvalue weighted by atomic mass is 9.95. The van der Waals surface area contributed by atoms with Crippen molar-refractivity contribution < 1.29 is 18.0 Å². The summed E-state index contributed by atoms with van der Waals surface area (Å²) >= 11 is 1.64. The van der Waals surface area contributed by atoms with Gasteiger partial charge < -0.3 is 10.2 Å². The van der Waals surface area contributed by atoms with E-state index < -0.39 is 6.18 Å². The number of carbonyl (C=O) groups excluding carboxylic acids is 1. The highest BCUT2D eigenvalue weighted by Crippen LogP contribution is 2.30. The summed E-state index contributed by atoms with van der Waals surface area (Å²) in [6, 6.07) is 10.7. The van der Waals surface area contributed by atoms with E-state index in [1.54, 1.807) is 11.8 Å². The molecule has 0 saturated carbocycles. The number of hydrogen-bond donors (Lipinski definition) is 1. The molecule has 1 aliphatic heterocycles. The molecular formula is C21H29F3N2OS. The number of thioether (sulfide) groups is 1. The summed E-state index contributed by atoms with van der Waals surface area (Å²) in [6.07, 6.45) is 11.4. The van der Waals surface area contributed by atoms with E-state index >= 15 is 0 Å². The average molecular weight is 415 g/mol. The number of hydrogen-bond acceptors (Lipinski definition) is 2. The molecule has 0 bridgehead atoms. The summed E-state index contributed by atoms with van der Waals surface area (Å²) in [4.78, 5) is 14.5. The molecule has 0 aromatic heterocycles. The molecule has 2 amide bonds. The lowest BCUT2D eigenvalue weighted by molar-refractivity contribution is -0.110. The highest BCUT2D eigenvalue weighted by Gasteiger charge is 2.28. The van der Waals surface area contributed by atoms with Crippen LogP contribution in [0.2, 0.25) is 0 Å². The predicted molar refractivity (Wildman–Crippen MR) is 112 cm³/mol. The van der Waals surface area contributed by atoms with Crippen LogP contribution in [0.15, 0.2) is 41.8 Å². The van der Waals surface area contributed by atoms with Gasteiger partial charge in [-0.3, -0.25) is 0 Å². The van der Waals surface area contributed by atoms with Crippen LogP contribution in [0.4, 0.5) is 18.0 Å². The number of piperidine rings is 1. The van der Waals surface area contributed by atoms with Crippen LogP contribution in [-0.4, -0.2) is 35.9 Å². The van der Waals surface area contributed by atoms with Gasteiger partial charge in [-0.2, -0.15) is 13.2 Å². The Hall–Kier alpha value is -2.07. The normalized spacial score (nSPS) is 17.6. The third-order valence-corrected chi connectivity index (χ3v) is 4.23. The quantitative estimate of drug-likeness (QED) is 0.612. The Morgan fingerprint density at radius 2 is 1.86 bits per heavy atom. The number of amides is 2. The number of likely N-dealkylation sites (tertiary alicyclic amines) is 1. The van der Waals surface area contributed by atoms with Gasteiger partial charge in [0, 0.05) is 19.5 Å². The van der Waals surface area contributed by atoms with Crippen molar-refractivity contribution in [3.05, 3.63) is 47.4 Å². The minimum absolute atomic E-state index is 0.0433. The van der Waals surface area contributed by atoms with Gasteiger partial charge >= 0.3 is 12.2 Å². The fourth-order valence-corrected chi connectivity index (χ4v) is 3.11. The SMILES string of the molecule is C#C.CC(F)(F)F.CS/C=C/C(C)NC(=O)N1CCCCC1c1ccccc1. The first-order valence-electron chi connectivity index (χ1n) is 8.94. The van der Waals surface area contributed by atoms with Gasteiger partial charge in [0.05, 0.1) is 6.04 Å². The average Bonchev–Trinajstić information content (AvgIpc) is 2.67. The largest absolute Gasteiger partial charge is 0.386 e. The molecule has 1 fully saturated rings. The van der Waals surface area contributed by atoms with E-state index in [1.165, 1.54) is 12.0 Å². The molecule has 28 heavy (non-hydrogen) atoms. The summed E-state index contributed by atoms with van der Waals surface area (Å²) in [5, 5.41) is 5.08. The number of rotatable bonds is 4. The Kier molecular flexibility index (Phi) is 13.0. The molecule has 156 valence electrons. The number of nitrogens with zero attached hydrogens (tertiary/aromatic N) is 1. The van der Waals surface area contributed by atoms with Gasteiger partial charge in [0.2, 0.25) is 0 Å². The standard InChI is InChI=1S/C17H24N2OS.C2H3F3.C2H2/c1-14(11-13-21-2)18-17(20)19-12-7-6-10-16(19)15-8-4-3-5-9-15;1-2(3,4)5;1-2/h3-5,8-9,11,13-14,16H,6-7,10,12H2,1-2H3,(H,18,20);1H3;1-2H/b13-11+;;. The monoisotopic (exact) mass is 414 g/mol. The van der Waals surface area contributed by atoms with Crippen LogP contribution in [0.1, 0.15) is 44.7 Å². The second-order valence-corrected chi connectivity index (χ2v) is 6.94. The molecule has 1 N–H and O–H groups in total. The van der Waals surface area contributed by atoms with Crippen molar-refractivity contribution in [2.45, 2.75) is 51.4 Å². The second-order valence-electron chi connectivity index (χ2n) is 6.20. The molecule has 1 aromatic carbocycles. The molecule has 1 heterocycles. The smallest absolute Gasteiger partial charge is 0.332 e.